The quantitative estimate of drug-likeness (QED) is 0.823. The molecule has 2 aromatic carbocycles. The van der Waals surface area contributed by atoms with Crippen LogP contribution in [-0.2, 0) is 12.8 Å². The van der Waals surface area contributed by atoms with Crippen LogP contribution in [0.4, 0.5) is 5.69 Å². The molecule has 0 aliphatic heterocycles. The summed E-state index contributed by atoms with van der Waals surface area (Å²) in [5.41, 5.74) is 8.50. The van der Waals surface area contributed by atoms with Crippen LogP contribution in [0.1, 0.15) is 27.9 Å². The van der Waals surface area contributed by atoms with Crippen LogP contribution in [0.3, 0.4) is 0 Å². The Hall–Kier alpha value is -2.00. The Morgan fingerprint density at radius 3 is 2.25 bits per heavy atom. The highest BCUT2D eigenvalue weighted by molar-refractivity contribution is 6.30. The van der Waals surface area contributed by atoms with Crippen LogP contribution in [-0.4, -0.2) is 11.1 Å². The molecule has 3 nitrogen and oxygen atoms in total. The van der Waals surface area contributed by atoms with Gasteiger partial charge in [-0.25, -0.2) is 4.79 Å². The SMILES string of the molecule is Nc1cc(CCCc2ccc(Cl)cc2)ccc1C(=O)O. The number of anilines is 1. The highest BCUT2D eigenvalue weighted by Crippen LogP contribution is 2.17. The van der Waals surface area contributed by atoms with Gasteiger partial charge in [-0.05, 0) is 54.7 Å². The van der Waals surface area contributed by atoms with Gasteiger partial charge in [0.15, 0.2) is 0 Å². The number of halogens is 1. The summed E-state index contributed by atoms with van der Waals surface area (Å²) in [6.07, 6.45) is 2.80. The van der Waals surface area contributed by atoms with Crippen molar-refractivity contribution in [3.05, 3.63) is 64.2 Å². The molecule has 104 valence electrons. The number of aromatic carboxylic acids is 1. The van der Waals surface area contributed by atoms with Gasteiger partial charge >= 0.3 is 5.97 Å². The average Bonchev–Trinajstić information content (AvgIpc) is 2.41. The molecule has 0 spiro atoms. The van der Waals surface area contributed by atoms with Crippen LogP contribution < -0.4 is 5.73 Å². The van der Waals surface area contributed by atoms with Gasteiger partial charge < -0.3 is 10.8 Å². The predicted octanol–water partition coefficient (Wildman–Crippen LogP) is 3.80. The second kappa shape index (κ2) is 6.44. The molecule has 0 saturated carbocycles. The van der Waals surface area contributed by atoms with Crippen molar-refractivity contribution in [3.63, 3.8) is 0 Å². The van der Waals surface area contributed by atoms with Crippen molar-refractivity contribution in [2.75, 3.05) is 5.73 Å². The third-order valence-corrected chi connectivity index (χ3v) is 3.44. The average molecular weight is 290 g/mol. The highest BCUT2D eigenvalue weighted by Gasteiger charge is 2.07. The Balaban J connectivity index is 1.92. The van der Waals surface area contributed by atoms with E-state index in [2.05, 4.69) is 0 Å². The minimum absolute atomic E-state index is 0.159. The van der Waals surface area contributed by atoms with E-state index in [1.165, 1.54) is 5.56 Å². The number of hydrogen-bond acceptors (Lipinski definition) is 2. The van der Waals surface area contributed by atoms with Crippen molar-refractivity contribution in [1.29, 1.82) is 0 Å². The van der Waals surface area contributed by atoms with Gasteiger partial charge in [-0.3, -0.25) is 0 Å². The monoisotopic (exact) mass is 289 g/mol. The van der Waals surface area contributed by atoms with Gasteiger partial charge in [0.05, 0.1) is 5.56 Å². The van der Waals surface area contributed by atoms with Crippen molar-refractivity contribution < 1.29 is 9.90 Å². The maximum atomic E-state index is 10.9. The van der Waals surface area contributed by atoms with E-state index in [0.29, 0.717) is 5.69 Å². The summed E-state index contributed by atoms with van der Waals surface area (Å²) in [4.78, 5) is 10.9. The van der Waals surface area contributed by atoms with Gasteiger partial charge in [0.1, 0.15) is 0 Å². The number of carbonyl (C=O) groups is 1. The highest BCUT2D eigenvalue weighted by atomic mass is 35.5. The van der Waals surface area contributed by atoms with Crippen LogP contribution in [0.5, 0.6) is 0 Å². The van der Waals surface area contributed by atoms with Crippen LogP contribution in [0.25, 0.3) is 0 Å². The first-order valence-corrected chi connectivity index (χ1v) is 6.80. The van der Waals surface area contributed by atoms with Crippen molar-refractivity contribution in [2.24, 2.45) is 0 Å². The molecule has 0 saturated heterocycles. The Bertz CT molecular complexity index is 608. The van der Waals surface area contributed by atoms with Crippen LogP contribution in [0.15, 0.2) is 42.5 Å². The van der Waals surface area contributed by atoms with Crippen LogP contribution in [0.2, 0.25) is 5.02 Å². The van der Waals surface area contributed by atoms with E-state index in [1.807, 2.05) is 30.3 Å². The molecule has 20 heavy (non-hydrogen) atoms. The molecule has 2 rings (SSSR count). The topological polar surface area (TPSA) is 63.3 Å². The fraction of sp³-hybridized carbons (Fsp3) is 0.188. The van der Waals surface area contributed by atoms with Crippen LogP contribution >= 0.6 is 11.6 Å². The molecule has 0 fully saturated rings. The number of hydrogen-bond donors (Lipinski definition) is 2. The van der Waals surface area contributed by atoms with Crippen molar-refractivity contribution in [1.82, 2.24) is 0 Å². The third-order valence-electron chi connectivity index (χ3n) is 3.19. The fourth-order valence-corrected chi connectivity index (χ4v) is 2.24. The Morgan fingerprint density at radius 2 is 1.65 bits per heavy atom. The first-order valence-electron chi connectivity index (χ1n) is 6.42. The molecule has 0 bridgehead atoms. The summed E-state index contributed by atoms with van der Waals surface area (Å²) in [6.45, 7) is 0. The molecule has 0 amide bonds. The Kier molecular flexibility index (Phi) is 4.64. The maximum Gasteiger partial charge on any atom is 0.337 e. The lowest BCUT2D eigenvalue weighted by molar-refractivity contribution is 0.0698. The summed E-state index contributed by atoms with van der Waals surface area (Å²) >= 11 is 5.84. The zero-order valence-corrected chi connectivity index (χ0v) is 11.7. The van der Waals surface area contributed by atoms with Gasteiger partial charge in [0, 0.05) is 10.7 Å². The number of rotatable bonds is 5. The number of carboxylic acid groups (broad SMARTS) is 1. The first-order chi connectivity index (χ1) is 9.56. The summed E-state index contributed by atoms with van der Waals surface area (Å²) in [5, 5.41) is 9.65. The van der Waals surface area contributed by atoms with E-state index in [9.17, 15) is 4.79 Å². The molecular weight excluding hydrogens is 274 g/mol. The van der Waals surface area contributed by atoms with E-state index in [-0.39, 0.29) is 5.56 Å². The van der Waals surface area contributed by atoms with Crippen LogP contribution in [0, 0.1) is 0 Å². The third kappa shape index (κ3) is 3.75. The van der Waals surface area contributed by atoms with Crippen molar-refractivity contribution >= 4 is 23.3 Å². The number of nitrogens with two attached hydrogens (primary N) is 1. The molecule has 2 aromatic rings. The molecule has 0 unspecified atom stereocenters. The van der Waals surface area contributed by atoms with Gasteiger partial charge in [-0.15, -0.1) is 0 Å². The van der Waals surface area contributed by atoms with E-state index < -0.39 is 5.97 Å². The zero-order chi connectivity index (χ0) is 14.5. The fourth-order valence-electron chi connectivity index (χ4n) is 2.11. The van der Waals surface area contributed by atoms with E-state index in [1.54, 1.807) is 12.1 Å². The molecule has 0 aliphatic carbocycles. The molecule has 0 aliphatic rings. The molecule has 3 N–H and O–H groups in total. The minimum atomic E-state index is -0.991. The number of carboxylic acids is 1. The number of benzene rings is 2. The smallest absolute Gasteiger partial charge is 0.337 e. The van der Waals surface area contributed by atoms with E-state index in [4.69, 9.17) is 22.4 Å². The van der Waals surface area contributed by atoms with Crippen molar-refractivity contribution in [3.8, 4) is 0 Å². The molecule has 0 radical (unpaired) electrons. The van der Waals surface area contributed by atoms with Gasteiger partial charge in [0.25, 0.3) is 0 Å². The number of nitrogen functional groups attached to an aromatic ring is 1. The second-order valence-electron chi connectivity index (χ2n) is 4.71. The molecule has 0 aromatic heterocycles. The molecular formula is C16H16ClNO2. The Labute approximate surface area is 123 Å². The lowest BCUT2D eigenvalue weighted by Crippen LogP contribution is -2.03. The standard InChI is InChI=1S/C16H16ClNO2/c17-13-7-4-11(5-8-13)2-1-3-12-6-9-14(16(19)20)15(18)10-12/h4-10H,1-3,18H2,(H,19,20). The summed E-state index contributed by atoms with van der Waals surface area (Å²) in [5.74, 6) is -0.991. The van der Waals surface area contributed by atoms with Gasteiger partial charge in [-0.2, -0.15) is 0 Å². The first kappa shape index (κ1) is 14.4. The maximum absolute atomic E-state index is 10.9. The lowest BCUT2D eigenvalue weighted by atomic mass is 10.0. The molecule has 0 heterocycles. The molecule has 0 atom stereocenters. The van der Waals surface area contributed by atoms with Crippen molar-refractivity contribution in [2.45, 2.75) is 19.3 Å². The molecule has 4 heteroatoms. The summed E-state index contributed by atoms with van der Waals surface area (Å²) in [7, 11) is 0. The lowest BCUT2D eigenvalue weighted by Gasteiger charge is -2.06. The number of aryl methyl sites for hydroxylation is 2. The Morgan fingerprint density at radius 1 is 1.05 bits per heavy atom. The van der Waals surface area contributed by atoms with Gasteiger partial charge in [0.2, 0.25) is 0 Å². The minimum Gasteiger partial charge on any atom is -0.478 e. The normalized spacial score (nSPS) is 10.4. The van der Waals surface area contributed by atoms with E-state index in [0.717, 1.165) is 29.8 Å². The predicted molar refractivity (Wildman–Crippen MR) is 81.3 cm³/mol. The zero-order valence-electron chi connectivity index (χ0n) is 11.0. The summed E-state index contributed by atoms with van der Waals surface area (Å²) in [6, 6.07) is 12.9. The summed E-state index contributed by atoms with van der Waals surface area (Å²) < 4.78 is 0. The van der Waals surface area contributed by atoms with Gasteiger partial charge in [-0.1, -0.05) is 29.8 Å². The largest absolute Gasteiger partial charge is 0.478 e. The second-order valence-corrected chi connectivity index (χ2v) is 5.14. The van der Waals surface area contributed by atoms with E-state index >= 15 is 0 Å².